The number of hydrogen-bond acceptors (Lipinski definition) is 2. The van der Waals surface area contributed by atoms with Crippen molar-refractivity contribution in [2.75, 3.05) is 18.0 Å². The summed E-state index contributed by atoms with van der Waals surface area (Å²) in [5.74, 6) is 0.516. The quantitative estimate of drug-likeness (QED) is 0.747. The standard InChI is InChI=1S/C16H23NO/c1-3-13(2)15-11-14(12-18)7-8-16(15)17-9-5-4-6-10-17/h7-8,11-13H,3-6,9-10H2,1-2H3. The SMILES string of the molecule is CCC(C)c1cc(C=O)ccc1N1CCCCC1. The lowest BCUT2D eigenvalue weighted by atomic mass is 9.94. The number of benzene rings is 1. The smallest absolute Gasteiger partial charge is 0.150 e. The van der Waals surface area contributed by atoms with E-state index in [9.17, 15) is 4.79 Å². The number of hydrogen-bond donors (Lipinski definition) is 0. The Bertz CT molecular complexity index is 408. The van der Waals surface area contributed by atoms with Gasteiger partial charge in [0.2, 0.25) is 0 Å². The van der Waals surface area contributed by atoms with Gasteiger partial charge in [-0.05, 0) is 55.4 Å². The summed E-state index contributed by atoms with van der Waals surface area (Å²) in [7, 11) is 0. The van der Waals surface area contributed by atoms with E-state index < -0.39 is 0 Å². The van der Waals surface area contributed by atoms with Crippen molar-refractivity contribution >= 4 is 12.0 Å². The van der Waals surface area contributed by atoms with Gasteiger partial charge < -0.3 is 4.90 Å². The molecule has 1 aliphatic rings. The monoisotopic (exact) mass is 245 g/mol. The first-order valence-corrected chi connectivity index (χ1v) is 7.10. The predicted octanol–water partition coefficient (Wildman–Crippen LogP) is 4.00. The second-order valence-electron chi connectivity index (χ2n) is 5.29. The van der Waals surface area contributed by atoms with Crippen LogP contribution < -0.4 is 4.90 Å². The predicted molar refractivity (Wildman–Crippen MR) is 76.6 cm³/mol. The Morgan fingerprint density at radius 3 is 2.61 bits per heavy atom. The Balaban J connectivity index is 2.34. The van der Waals surface area contributed by atoms with Crippen LogP contribution in [0.5, 0.6) is 0 Å². The van der Waals surface area contributed by atoms with Gasteiger partial charge >= 0.3 is 0 Å². The van der Waals surface area contributed by atoms with Crippen LogP contribution in [0.4, 0.5) is 5.69 Å². The Kier molecular flexibility index (Phi) is 4.40. The topological polar surface area (TPSA) is 20.3 Å². The number of rotatable bonds is 4. The molecule has 98 valence electrons. The first-order chi connectivity index (χ1) is 8.76. The minimum atomic E-state index is 0.516. The summed E-state index contributed by atoms with van der Waals surface area (Å²) < 4.78 is 0. The van der Waals surface area contributed by atoms with Crippen molar-refractivity contribution < 1.29 is 4.79 Å². The molecular weight excluding hydrogens is 222 g/mol. The van der Waals surface area contributed by atoms with Crippen molar-refractivity contribution in [3.63, 3.8) is 0 Å². The first-order valence-electron chi connectivity index (χ1n) is 7.10. The molecule has 0 aromatic heterocycles. The van der Waals surface area contributed by atoms with Gasteiger partial charge in [0.1, 0.15) is 6.29 Å². The van der Waals surface area contributed by atoms with Gasteiger partial charge in [-0.1, -0.05) is 13.8 Å². The van der Waals surface area contributed by atoms with Crippen LogP contribution in [0.2, 0.25) is 0 Å². The van der Waals surface area contributed by atoms with E-state index in [4.69, 9.17) is 0 Å². The molecule has 0 amide bonds. The number of nitrogens with zero attached hydrogens (tertiary/aromatic N) is 1. The van der Waals surface area contributed by atoms with Crippen LogP contribution in [0, 0.1) is 0 Å². The fraction of sp³-hybridized carbons (Fsp3) is 0.562. The maximum Gasteiger partial charge on any atom is 0.150 e. The summed E-state index contributed by atoms with van der Waals surface area (Å²) in [6.45, 7) is 6.77. The van der Waals surface area contributed by atoms with Crippen molar-refractivity contribution in [3.8, 4) is 0 Å². The molecule has 0 saturated carbocycles. The molecule has 1 atom stereocenters. The largest absolute Gasteiger partial charge is 0.371 e. The first kappa shape index (κ1) is 13.1. The third-order valence-corrected chi connectivity index (χ3v) is 4.03. The molecule has 0 spiro atoms. The highest BCUT2D eigenvalue weighted by Crippen LogP contribution is 2.32. The van der Waals surface area contributed by atoms with Gasteiger partial charge in [0.15, 0.2) is 0 Å². The van der Waals surface area contributed by atoms with Crippen molar-refractivity contribution in [1.82, 2.24) is 0 Å². The summed E-state index contributed by atoms with van der Waals surface area (Å²) in [6.07, 6.45) is 5.99. The molecule has 1 saturated heterocycles. The van der Waals surface area contributed by atoms with Crippen molar-refractivity contribution in [2.45, 2.75) is 45.4 Å². The summed E-state index contributed by atoms with van der Waals surface area (Å²) in [6, 6.07) is 6.16. The van der Waals surface area contributed by atoms with Crippen LogP contribution in [-0.4, -0.2) is 19.4 Å². The third-order valence-electron chi connectivity index (χ3n) is 4.03. The van der Waals surface area contributed by atoms with Gasteiger partial charge in [0, 0.05) is 24.3 Å². The number of piperidine rings is 1. The molecule has 1 fully saturated rings. The zero-order valence-corrected chi connectivity index (χ0v) is 11.5. The van der Waals surface area contributed by atoms with Gasteiger partial charge in [0.25, 0.3) is 0 Å². The highest BCUT2D eigenvalue weighted by molar-refractivity contribution is 5.77. The molecule has 1 unspecified atom stereocenters. The zero-order valence-electron chi connectivity index (χ0n) is 11.5. The summed E-state index contributed by atoms with van der Waals surface area (Å²) >= 11 is 0. The molecule has 1 aromatic rings. The van der Waals surface area contributed by atoms with Crippen LogP contribution >= 0.6 is 0 Å². The molecule has 0 radical (unpaired) electrons. The molecule has 0 aliphatic carbocycles. The minimum Gasteiger partial charge on any atom is -0.371 e. The van der Waals surface area contributed by atoms with Crippen molar-refractivity contribution in [1.29, 1.82) is 0 Å². The fourth-order valence-electron chi connectivity index (χ4n) is 2.68. The molecule has 0 bridgehead atoms. The Morgan fingerprint density at radius 2 is 2.00 bits per heavy atom. The summed E-state index contributed by atoms with van der Waals surface area (Å²) in [4.78, 5) is 13.4. The lowest BCUT2D eigenvalue weighted by Crippen LogP contribution is -2.30. The number of anilines is 1. The molecule has 2 heteroatoms. The van der Waals surface area contributed by atoms with E-state index >= 15 is 0 Å². The molecule has 1 heterocycles. The van der Waals surface area contributed by atoms with E-state index in [2.05, 4.69) is 30.9 Å². The molecular formula is C16H23NO. The van der Waals surface area contributed by atoms with E-state index in [1.807, 2.05) is 6.07 Å². The number of aldehydes is 1. The average Bonchev–Trinajstić information content (AvgIpc) is 2.46. The molecule has 2 rings (SSSR count). The van der Waals surface area contributed by atoms with Crippen LogP contribution in [0.15, 0.2) is 18.2 Å². The van der Waals surface area contributed by atoms with E-state index in [-0.39, 0.29) is 0 Å². The number of carbonyl (C=O) groups excluding carboxylic acids is 1. The van der Waals surface area contributed by atoms with Gasteiger partial charge in [-0.25, -0.2) is 0 Å². The molecule has 2 nitrogen and oxygen atoms in total. The molecule has 0 N–H and O–H groups in total. The van der Waals surface area contributed by atoms with Gasteiger partial charge in [-0.3, -0.25) is 4.79 Å². The Hall–Kier alpha value is -1.31. The lowest BCUT2D eigenvalue weighted by molar-refractivity contribution is 0.112. The van der Waals surface area contributed by atoms with Crippen LogP contribution in [0.1, 0.15) is 61.4 Å². The van der Waals surface area contributed by atoms with Crippen molar-refractivity contribution in [2.24, 2.45) is 0 Å². The Morgan fingerprint density at radius 1 is 1.28 bits per heavy atom. The van der Waals surface area contributed by atoms with E-state index in [0.29, 0.717) is 5.92 Å². The Labute approximate surface area is 110 Å². The molecule has 18 heavy (non-hydrogen) atoms. The molecule has 1 aromatic carbocycles. The maximum atomic E-state index is 10.9. The van der Waals surface area contributed by atoms with Gasteiger partial charge in [-0.15, -0.1) is 0 Å². The van der Waals surface area contributed by atoms with E-state index in [1.54, 1.807) is 0 Å². The minimum absolute atomic E-state index is 0.516. The van der Waals surface area contributed by atoms with Gasteiger partial charge in [0.05, 0.1) is 0 Å². The summed E-state index contributed by atoms with van der Waals surface area (Å²) in [5, 5.41) is 0. The third kappa shape index (κ3) is 2.74. The second-order valence-corrected chi connectivity index (χ2v) is 5.29. The summed E-state index contributed by atoms with van der Waals surface area (Å²) in [5.41, 5.74) is 3.48. The van der Waals surface area contributed by atoms with E-state index in [0.717, 1.165) is 31.4 Å². The number of carbonyl (C=O) groups is 1. The highest BCUT2D eigenvalue weighted by atomic mass is 16.1. The molecule has 1 aliphatic heterocycles. The van der Waals surface area contributed by atoms with Crippen molar-refractivity contribution in [3.05, 3.63) is 29.3 Å². The lowest BCUT2D eigenvalue weighted by Gasteiger charge is -2.32. The van der Waals surface area contributed by atoms with Gasteiger partial charge in [-0.2, -0.15) is 0 Å². The van der Waals surface area contributed by atoms with E-state index in [1.165, 1.54) is 30.5 Å². The second kappa shape index (κ2) is 6.03. The van der Waals surface area contributed by atoms with Crippen LogP contribution in [-0.2, 0) is 0 Å². The van der Waals surface area contributed by atoms with Crippen LogP contribution in [0.25, 0.3) is 0 Å². The fourth-order valence-corrected chi connectivity index (χ4v) is 2.68. The maximum absolute atomic E-state index is 10.9. The normalized spacial score (nSPS) is 17.6. The van der Waals surface area contributed by atoms with Crippen LogP contribution in [0.3, 0.4) is 0 Å². The zero-order chi connectivity index (χ0) is 13.0. The highest BCUT2D eigenvalue weighted by Gasteiger charge is 2.17. The average molecular weight is 245 g/mol.